The lowest BCUT2D eigenvalue weighted by atomic mass is 10.0. The van der Waals surface area contributed by atoms with E-state index in [2.05, 4.69) is 34.6 Å². The molecule has 2 saturated heterocycles. The van der Waals surface area contributed by atoms with Crippen molar-refractivity contribution < 1.29 is 4.79 Å². The maximum atomic E-state index is 13.2. The zero-order valence-corrected chi connectivity index (χ0v) is 21.5. The molecule has 7 nitrogen and oxygen atoms in total. The van der Waals surface area contributed by atoms with Gasteiger partial charge >= 0.3 is 0 Å². The molecule has 0 radical (unpaired) electrons. The highest BCUT2D eigenvalue weighted by molar-refractivity contribution is 8.26. The minimum atomic E-state index is -0.302. The van der Waals surface area contributed by atoms with Gasteiger partial charge in [-0.15, -0.1) is 6.58 Å². The Kier molecular flexibility index (Phi) is 7.43. The fraction of sp³-hybridized carbons (Fsp3) is 0.308. The molecule has 0 atom stereocenters. The second kappa shape index (κ2) is 10.5. The van der Waals surface area contributed by atoms with Crippen LogP contribution in [0.3, 0.4) is 0 Å². The standard InChI is InChI=1S/C26H27N5O2S2/c1-4-11-31-25(33)22(35-26(31)34)16-20-18(3)21(17-27)24(32)30(5-2)23(20)29-14-12-28(13-15-29)19-9-7-6-8-10-19/h4,6-10,16H,1,5,11-15H2,2-3H3/b22-16-. The number of aromatic nitrogens is 1. The maximum Gasteiger partial charge on any atom is 0.270 e. The first-order valence-electron chi connectivity index (χ1n) is 11.5. The number of piperazine rings is 1. The Bertz CT molecular complexity index is 1300. The first kappa shape index (κ1) is 24.8. The van der Waals surface area contributed by atoms with E-state index < -0.39 is 0 Å². The SMILES string of the molecule is C=CCN1C(=O)/C(=C/c2c(C)c(C#N)c(=O)n(CC)c2N2CCN(c3ccccc3)CC2)SC1=S. The predicted molar refractivity (Wildman–Crippen MR) is 147 cm³/mol. The van der Waals surface area contributed by atoms with Crippen LogP contribution in [0.5, 0.6) is 0 Å². The van der Waals surface area contributed by atoms with Crippen LogP contribution >= 0.6 is 24.0 Å². The van der Waals surface area contributed by atoms with E-state index in [1.54, 1.807) is 23.6 Å². The Morgan fingerprint density at radius 1 is 1.14 bits per heavy atom. The number of carbonyl (C=O) groups excluding carboxylic acids is 1. The third-order valence-corrected chi connectivity index (χ3v) is 7.70. The number of hydrogen-bond donors (Lipinski definition) is 0. The van der Waals surface area contributed by atoms with Crippen LogP contribution in [-0.2, 0) is 11.3 Å². The summed E-state index contributed by atoms with van der Waals surface area (Å²) in [6, 6.07) is 12.3. The average molecular weight is 506 g/mol. The van der Waals surface area contributed by atoms with E-state index in [9.17, 15) is 14.9 Å². The summed E-state index contributed by atoms with van der Waals surface area (Å²) in [7, 11) is 0. The van der Waals surface area contributed by atoms with E-state index in [0.29, 0.717) is 41.0 Å². The van der Waals surface area contributed by atoms with Gasteiger partial charge in [0.05, 0.1) is 4.91 Å². The molecule has 1 aromatic heterocycles. The molecule has 2 aliphatic heterocycles. The highest BCUT2D eigenvalue weighted by atomic mass is 32.2. The summed E-state index contributed by atoms with van der Waals surface area (Å²) in [5.41, 5.74) is 2.27. The average Bonchev–Trinajstić information content (AvgIpc) is 3.14. The Labute approximate surface area is 214 Å². The highest BCUT2D eigenvalue weighted by Crippen LogP contribution is 2.36. The van der Waals surface area contributed by atoms with E-state index in [4.69, 9.17) is 12.2 Å². The van der Waals surface area contributed by atoms with Crippen LogP contribution in [0.2, 0.25) is 0 Å². The fourth-order valence-electron chi connectivity index (χ4n) is 4.51. The smallest absolute Gasteiger partial charge is 0.270 e. The number of nitriles is 1. The van der Waals surface area contributed by atoms with Gasteiger partial charge in [0.25, 0.3) is 11.5 Å². The van der Waals surface area contributed by atoms with Gasteiger partial charge < -0.3 is 9.80 Å². The van der Waals surface area contributed by atoms with Crippen molar-refractivity contribution in [2.24, 2.45) is 0 Å². The number of benzene rings is 1. The number of nitrogens with zero attached hydrogens (tertiary/aromatic N) is 5. The lowest BCUT2D eigenvalue weighted by Gasteiger charge is -2.39. The second-order valence-electron chi connectivity index (χ2n) is 8.29. The molecule has 9 heteroatoms. The third kappa shape index (κ3) is 4.64. The van der Waals surface area contributed by atoms with Crippen molar-refractivity contribution in [2.45, 2.75) is 20.4 Å². The summed E-state index contributed by atoms with van der Waals surface area (Å²) < 4.78 is 2.13. The summed E-state index contributed by atoms with van der Waals surface area (Å²) >= 11 is 6.63. The van der Waals surface area contributed by atoms with Gasteiger partial charge in [-0.05, 0) is 37.6 Å². The number of hydrogen-bond acceptors (Lipinski definition) is 7. The van der Waals surface area contributed by atoms with Crippen LogP contribution < -0.4 is 15.4 Å². The number of pyridine rings is 1. The molecular weight excluding hydrogens is 478 g/mol. The number of thiocarbonyl (C=S) groups is 1. The van der Waals surface area contributed by atoms with Crippen molar-refractivity contribution >= 4 is 51.8 Å². The van der Waals surface area contributed by atoms with Crippen LogP contribution in [0.1, 0.15) is 23.6 Å². The van der Waals surface area contributed by atoms with Crippen LogP contribution in [0.25, 0.3) is 6.08 Å². The summed E-state index contributed by atoms with van der Waals surface area (Å²) in [6.45, 7) is 11.1. The van der Waals surface area contributed by atoms with E-state index in [1.807, 2.05) is 25.1 Å². The molecule has 3 heterocycles. The largest absolute Gasteiger partial charge is 0.368 e. The van der Waals surface area contributed by atoms with E-state index in [-0.39, 0.29) is 17.0 Å². The normalized spacial score (nSPS) is 17.3. The topological polar surface area (TPSA) is 72.6 Å². The molecule has 35 heavy (non-hydrogen) atoms. The Morgan fingerprint density at radius 2 is 1.80 bits per heavy atom. The van der Waals surface area contributed by atoms with Gasteiger partial charge in [-0.1, -0.05) is 48.3 Å². The predicted octanol–water partition coefficient (Wildman–Crippen LogP) is 3.76. The highest BCUT2D eigenvalue weighted by Gasteiger charge is 2.33. The molecule has 2 aromatic rings. The van der Waals surface area contributed by atoms with E-state index >= 15 is 0 Å². The van der Waals surface area contributed by atoms with Crippen molar-refractivity contribution in [1.29, 1.82) is 5.26 Å². The molecule has 0 bridgehead atoms. The molecule has 0 N–H and O–H groups in total. The van der Waals surface area contributed by atoms with Crippen molar-refractivity contribution in [1.82, 2.24) is 9.47 Å². The fourth-order valence-corrected chi connectivity index (χ4v) is 5.77. The molecule has 0 saturated carbocycles. The van der Waals surface area contributed by atoms with Gasteiger partial charge in [0.15, 0.2) is 0 Å². The quantitative estimate of drug-likeness (QED) is 0.336. The molecule has 1 amide bonds. The lowest BCUT2D eigenvalue weighted by molar-refractivity contribution is -0.121. The summed E-state index contributed by atoms with van der Waals surface area (Å²) in [5, 5.41) is 9.76. The van der Waals surface area contributed by atoms with Crippen molar-refractivity contribution in [3.63, 3.8) is 0 Å². The van der Waals surface area contributed by atoms with Gasteiger partial charge in [0.2, 0.25) is 0 Å². The van der Waals surface area contributed by atoms with Crippen molar-refractivity contribution in [3.05, 3.63) is 74.9 Å². The van der Waals surface area contributed by atoms with Crippen molar-refractivity contribution in [3.8, 4) is 6.07 Å². The first-order chi connectivity index (χ1) is 16.9. The molecule has 0 unspecified atom stereocenters. The zero-order valence-electron chi connectivity index (χ0n) is 19.9. The van der Waals surface area contributed by atoms with E-state index in [0.717, 1.165) is 24.5 Å². The number of amides is 1. The van der Waals surface area contributed by atoms with Gasteiger partial charge in [-0.25, -0.2) is 0 Å². The van der Waals surface area contributed by atoms with Crippen LogP contribution in [-0.4, -0.2) is 52.4 Å². The summed E-state index contributed by atoms with van der Waals surface area (Å²) in [6.07, 6.45) is 3.44. The van der Waals surface area contributed by atoms with Gasteiger partial charge in [-0.2, -0.15) is 5.26 Å². The van der Waals surface area contributed by atoms with Crippen LogP contribution in [0.4, 0.5) is 11.5 Å². The minimum Gasteiger partial charge on any atom is -0.368 e. The number of anilines is 2. The molecule has 1 aromatic carbocycles. The maximum absolute atomic E-state index is 13.2. The molecule has 2 fully saturated rings. The second-order valence-corrected chi connectivity index (χ2v) is 9.96. The van der Waals surface area contributed by atoms with Crippen LogP contribution in [0, 0.1) is 18.3 Å². The van der Waals surface area contributed by atoms with E-state index in [1.165, 1.54) is 22.3 Å². The molecule has 2 aliphatic rings. The molecule has 0 aliphatic carbocycles. The summed E-state index contributed by atoms with van der Waals surface area (Å²) in [5.74, 6) is 0.558. The Hall–Kier alpha value is -3.35. The Balaban J connectivity index is 1.78. The molecule has 180 valence electrons. The van der Waals surface area contributed by atoms with Crippen molar-refractivity contribution in [2.75, 3.05) is 42.5 Å². The zero-order chi connectivity index (χ0) is 25.1. The van der Waals surface area contributed by atoms with Gasteiger partial charge in [0, 0.05) is 50.5 Å². The number of thioether (sulfide) groups is 1. The van der Waals surface area contributed by atoms with Gasteiger partial charge in [0.1, 0.15) is 21.8 Å². The summed E-state index contributed by atoms with van der Waals surface area (Å²) in [4.78, 5) is 32.7. The number of rotatable bonds is 6. The molecule has 4 rings (SSSR count). The molecular formula is C26H27N5O2S2. The molecule has 0 spiro atoms. The van der Waals surface area contributed by atoms with Gasteiger partial charge in [-0.3, -0.25) is 19.1 Å². The first-order valence-corrected chi connectivity index (χ1v) is 12.7. The number of carbonyl (C=O) groups is 1. The van der Waals surface area contributed by atoms with Crippen LogP contribution in [0.15, 0.2) is 52.7 Å². The Morgan fingerprint density at radius 3 is 2.40 bits per heavy atom. The monoisotopic (exact) mass is 505 g/mol. The third-order valence-electron chi connectivity index (χ3n) is 6.32. The number of para-hydroxylation sites is 1. The minimum absolute atomic E-state index is 0.103. The lowest BCUT2D eigenvalue weighted by Crippen LogP contribution is -2.48.